The number of rotatable bonds is 3. The Morgan fingerprint density at radius 1 is 1.14 bits per heavy atom. The molecule has 28 heavy (non-hydrogen) atoms. The van der Waals surface area contributed by atoms with Crippen molar-refractivity contribution in [3.8, 4) is 5.75 Å². The number of benzene rings is 3. The van der Waals surface area contributed by atoms with Crippen LogP contribution < -0.4 is 15.0 Å². The molecule has 0 atom stereocenters. The van der Waals surface area contributed by atoms with Gasteiger partial charge in [0.1, 0.15) is 5.75 Å². The Balaban J connectivity index is 1.40. The van der Waals surface area contributed by atoms with Crippen LogP contribution in [0.5, 0.6) is 5.75 Å². The van der Waals surface area contributed by atoms with E-state index in [4.69, 9.17) is 17.0 Å². The van der Waals surface area contributed by atoms with Gasteiger partial charge < -0.3 is 9.64 Å². The zero-order valence-electron chi connectivity index (χ0n) is 14.7. The largest absolute Gasteiger partial charge is 0.483 e. The van der Waals surface area contributed by atoms with E-state index in [-0.39, 0.29) is 12.5 Å². The van der Waals surface area contributed by atoms with Gasteiger partial charge in [-0.1, -0.05) is 46.3 Å². The number of carbonyl (C=O) groups is 1. The molecule has 0 saturated carbocycles. The zero-order chi connectivity index (χ0) is 19.7. The summed E-state index contributed by atoms with van der Waals surface area (Å²) >= 11 is 12.5. The SMILES string of the molecule is O=C(COc1ccc2cc(Br)ccc2c1Br)NC(=S)N1CCc2ccccc21. The maximum atomic E-state index is 12.3. The van der Waals surface area contributed by atoms with Crippen molar-refractivity contribution >= 4 is 71.6 Å². The molecule has 1 aliphatic rings. The van der Waals surface area contributed by atoms with Gasteiger partial charge in [0.25, 0.3) is 5.91 Å². The standard InChI is InChI=1S/C21H16Br2N2O2S/c22-15-6-7-16-14(11-15)5-8-18(20(16)23)27-12-19(26)24-21(28)25-10-9-13-3-1-2-4-17(13)25/h1-8,11H,9-10,12H2,(H,24,26,28). The molecule has 142 valence electrons. The van der Waals surface area contributed by atoms with Gasteiger partial charge >= 0.3 is 0 Å². The van der Waals surface area contributed by atoms with Gasteiger partial charge in [-0.25, -0.2) is 0 Å². The number of hydrogen-bond acceptors (Lipinski definition) is 3. The van der Waals surface area contributed by atoms with Gasteiger partial charge in [-0.2, -0.15) is 0 Å². The predicted octanol–water partition coefficient (Wildman–Crippen LogP) is 5.21. The lowest BCUT2D eigenvalue weighted by Gasteiger charge is -2.20. The van der Waals surface area contributed by atoms with E-state index in [1.54, 1.807) is 0 Å². The van der Waals surface area contributed by atoms with E-state index in [2.05, 4.69) is 43.2 Å². The molecule has 1 amide bonds. The van der Waals surface area contributed by atoms with Crippen LogP contribution in [0.3, 0.4) is 0 Å². The number of anilines is 1. The van der Waals surface area contributed by atoms with E-state index in [1.807, 2.05) is 53.4 Å². The lowest BCUT2D eigenvalue weighted by atomic mass is 10.1. The molecule has 0 radical (unpaired) electrons. The molecule has 4 nitrogen and oxygen atoms in total. The third kappa shape index (κ3) is 3.92. The van der Waals surface area contributed by atoms with Gasteiger partial charge in [-0.05, 0) is 75.2 Å². The fraction of sp³-hybridized carbons (Fsp3) is 0.143. The first-order chi connectivity index (χ1) is 13.5. The van der Waals surface area contributed by atoms with Crippen LogP contribution in [0.25, 0.3) is 10.8 Å². The number of ether oxygens (including phenoxy) is 1. The van der Waals surface area contributed by atoms with Crippen molar-refractivity contribution in [2.45, 2.75) is 6.42 Å². The molecule has 1 aliphatic heterocycles. The summed E-state index contributed by atoms with van der Waals surface area (Å²) in [6.45, 7) is 0.654. The fourth-order valence-corrected chi connectivity index (χ4v) is 4.56. The summed E-state index contributed by atoms with van der Waals surface area (Å²) in [4.78, 5) is 14.3. The highest BCUT2D eigenvalue weighted by Crippen LogP contribution is 2.34. The number of thiocarbonyl (C=S) groups is 1. The topological polar surface area (TPSA) is 41.6 Å². The first-order valence-corrected chi connectivity index (χ1v) is 10.7. The van der Waals surface area contributed by atoms with E-state index in [0.717, 1.165) is 38.4 Å². The number of halogens is 2. The summed E-state index contributed by atoms with van der Waals surface area (Å²) < 4.78 is 7.55. The van der Waals surface area contributed by atoms with Crippen molar-refractivity contribution in [1.29, 1.82) is 0 Å². The summed E-state index contributed by atoms with van der Waals surface area (Å²) in [5.41, 5.74) is 2.29. The van der Waals surface area contributed by atoms with Gasteiger partial charge in [-0.15, -0.1) is 0 Å². The van der Waals surface area contributed by atoms with Crippen LogP contribution in [0.15, 0.2) is 63.5 Å². The first kappa shape index (κ1) is 19.4. The Morgan fingerprint density at radius 2 is 1.96 bits per heavy atom. The van der Waals surface area contributed by atoms with Gasteiger partial charge in [0.05, 0.1) is 4.47 Å². The molecule has 3 aromatic carbocycles. The van der Waals surface area contributed by atoms with Crippen LogP contribution in [-0.2, 0) is 11.2 Å². The molecule has 7 heteroatoms. The van der Waals surface area contributed by atoms with Crippen LogP contribution in [-0.4, -0.2) is 24.2 Å². The number of nitrogens with zero attached hydrogens (tertiary/aromatic N) is 1. The molecular formula is C21H16Br2N2O2S. The van der Waals surface area contributed by atoms with E-state index in [1.165, 1.54) is 5.56 Å². The molecule has 1 N–H and O–H groups in total. The molecule has 0 aliphatic carbocycles. The van der Waals surface area contributed by atoms with Crippen molar-refractivity contribution in [1.82, 2.24) is 5.32 Å². The number of nitrogens with one attached hydrogen (secondary N) is 1. The minimum Gasteiger partial charge on any atom is -0.483 e. The van der Waals surface area contributed by atoms with Gasteiger partial charge in [0.2, 0.25) is 0 Å². The number of fused-ring (bicyclic) bond motifs is 2. The van der Waals surface area contributed by atoms with Crippen molar-refractivity contribution in [3.63, 3.8) is 0 Å². The summed E-state index contributed by atoms with van der Waals surface area (Å²) in [5, 5.41) is 5.27. The number of carbonyl (C=O) groups excluding carboxylic acids is 1. The Kier molecular flexibility index (Phi) is 5.66. The normalized spacial score (nSPS) is 12.7. The first-order valence-electron chi connectivity index (χ1n) is 8.73. The molecule has 0 aromatic heterocycles. The minimum absolute atomic E-state index is 0.115. The zero-order valence-corrected chi connectivity index (χ0v) is 18.7. The Labute approximate surface area is 185 Å². The molecule has 0 fully saturated rings. The predicted molar refractivity (Wildman–Crippen MR) is 123 cm³/mol. The smallest absolute Gasteiger partial charge is 0.264 e. The van der Waals surface area contributed by atoms with Crippen molar-refractivity contribution in [3.05, 3.63) is 69.1 Å². The van der Waals surface area contributed by atoms with Crippen LogP contribution >= 0.6 is 44.1 Å². The third-order valence-electron chi connectivity index (χ3n) is 4.62. The molecule has 0 saturated heterocycles. The maximum absolute atomic E-state index is 12.3. The minimum atomic E-state index is -0.280. The second kappa shape index (κ2) is 8.19. The van der Waals surface area contributed by atoms with E-state index in [9.17, 15) is 4.79 Å². The van der Waals surface area contributed by atoms with Gasteiger partial charge in [0.15, 0.2) is 11.7 Å². The molecule has 3 aromatic rings. The highest BCUT2D eigenvalue weighted by Gasteiger charge is 2.22. The second-order valence-electron chi connectivity index (χ2n) is 6.42. The van der Waals surface area contributed by atoms with Crippen LogP contribution in [0.2, 0.25) is 0 Å². The van der Waals surface area contributed by atoms with Crippen molar-refractivity contribution in [2.24, 2.45) is 0 Å². The Hall–Kier alpha value is -1.96. The lowest BCUT2D eigenvalue weighted by Crippen LogP contribution is -2.43. The average molecular weight is 520 g/mol. The highest BCUT2D eigenvalue weighted by molar-refractivity contribution is 9.11. The van der Waals surface area contributed by atoms with E-state index in [0.29, 0.717) is 10.9 Å². The summed E-state index contributed by atoms with van der Waals surface area (Å²) in [6, 6.07) is 17.9. The molecule has 0 bridgehead atoms. The Morgan fingerprint density at radius 3 is 2.82 bits per heavy atom. The van der Waals surface area contributed by atoms with Gasteiger partial charge in [-0.3, -0.25) is 10.1 Å². The molecule has 4 rings (SSSR count). The van der Waals surface area contributed by atoms with Crippen LogP contribution in [0, 0.1) is 0 Å². The van der Waals surface area contributed by atoms with Crippen molar-refractivity contribution in [2.75, 3.05) is 18.1 Å². The van der Waals surface area contributed by atoms with Crippen LogP contribution in [0.4, 0.5) is 5.69 Å². The summed E-state index contributed by atoms with van der Waals surface area (Å²) in [5.74, 6) is 0.333. The van der Waals surface area contributed by atoms with E-state index >= 15 is 0 Å². The quantitative estimate of drug-likeness (QED) is 0.482. The molecule has 0 unspecified atom stereocenters. The molecule has 1 heterocycles. The summed E-state index contributed by atoms with van der Waals surface area (Å²) in [6.07, 6.45) is 0.919. The third-order valence-corrected chi connectivity index (χ3v) is 6.25. The van der Waals surface area contributed by atoms with Crippen LogP contribution in [0.1, 0.15) is 5.56 Å². The molecule has 0 spiro atoms. The van der Waals surface area contributed by atoms with E-state index < -0.39 is 0 Å². The monoisotopic (exact) mass is 518 g/mol. The Bertz CT molecular complexity index is 1090. The highest BCUT2D eigenvalue weighted by atomic mass is 79.9. The second-order valence-corrected chi connectivity index (χ2v) is 8.51. The van der Waals surface area contributed by atoms with Gasteiger partial charge in [0, 0.05) is 16.7 Å². The number of para-hydroxylation sites is 1. The molecular weight excluding hydrogens is 504 g/mol. The average Bonchev–Trinajstić information content (AvgIpc) is 3.11. The number of hydrogen-bond donors (Lipinski definition) is 1. The summed E-state index contributed by atoms with van der Waals surface area (Å²) in [7, 11) is 0. The lowest BCUT2D eigenvalue weighted by molar-refractivity contribution is -0.121. The van der Waals surface area contributed by atoms with Crippen molar-refractivity contribution < 1.29 is 9.53 Å². The number of amides is 1. The fourth-order valence-electron chi connectivity index (χ4n) is 3.27. The maximum Gasteiger partial charge on any atom is 0.264 e.